The van der Waals surface area contributed by atoms with E-state index in [0.29, 0.717) is 4.32 Å². The highest BCUT2D eigenvalue weighted by atomic mass is 32.1. The van der Waals surface area contributed by atoms with Crippen molar-refractivity contribution < 1.29 is 0 Å². The molecule has 0 unspecified atom stereocenters. The summed E-state index contributed by atoms with van der Waals surface area (Å²) in [6.45, 7) is 0.987. The molecule has 0 aliphatic rings. The van der Waals surface area contributed by atoms with Gasteiger partial charge in [0, 0.05) is 6.54 Å². The maximum absolute atomic E-state index is 4.91. The minimum atomic E-state index is 0.630. The lowest BCUT2D eigenvalue weighted by Gasteiger charge is -2.05. The quantitative estimate of drug-likeness (QED) is 0.0362. The Bertz CT molecular complexity index is 485. The lowest BCUT2D eigenvalue weighted by atomic mass is 10.0. The first-order valence-electron chi connectivity index (χ1n) is 18.8. The third-order valence-corrected chi connectivity index (χ3v) is 9.48. The molecule has 0 aromatic carbocycles. The largest absolute Gasteiger partial charge is 0.371 e. The molecule has 0 fully saturated rings. The van der Waals surface area contributed by atoms with Gasteiger partial charge < -0.3 is 5.32 Å². The van der Waals surface area contributed by atoms with E-state index in [-0.39, 0.29) is 0 Å². The van der Waals surface area contributed by atoms with E-state index in [1.165, 1.54) is 218 Å². The van der Waals surface area contributed by atoms with Crippen LogP contribution in [0.1, 0.15) is 218 Å². The van der Waals surface area contributed by atoms with Crippen LogP contribution < -0.4 is 5.32 Å². The molecule has 0 bridgehead atoms. The van der Waals surface area contributed by atoms with Crippen LogP contribution in [0.25, 0.3) is 0 Å². The number of rotatable bonds is 36. The molecule has 0 aromatic heterocycles. The van der Waals surface area contributed by atoms with Crippen molar-refractivity contribution in [1.29, 1.82) is 0 Å². The van der Waals surface area contributed by atoms with Crippen LogP contribution in [-0.4, -0.2) is 16.6 Å². The van der Waals surface area contributed by atoms with Gasteiger partial charge in [0.2, 0.25) is 0 Å². The van der Waals surface area contributed by atoms with Crippen molar-refractivity contribution in [3.63, 3.8) is 0 Å². The summed E-state index contributed by atoms with van der Waals surface area (Å²) in [5.74, 6) is 1.07. The Labute approximate surface area is 276 Å². The highest BCUT2D eigenvalue weighted by Crippen LogP contribution is 2.17. The van der Waals surface area contributed by atoms with Crippen molar-refractivity contribution in [2.45, 2.75) is 218 Å². The molecule has 4 heteroatoms. The highest BCUT2D eigenvalue weighted by molar-refractivity contribution is 8.11. The van der Waals surface area contributed by atoms with Crippen LogP contribution in [0.3, 0.4) is 0 Å². The van der Waals surface area contributed by atoms with E-state index in [0.717, 1.165) is 12.3 Å². The van der Waals surface area contributed by atoms with Crippen LogP contribution in [-0.2, 0) is 0 Å². The number of unbranched alkanes of at least 4 members (excludes halogenated alkanes) is 33. The first kappa shape index (κ1) is 41.6. The molecule has 0 aliphatic carbocycles. The molecule has 0 saturated heterocycles. The smallest absolute Gasteiger partial charge is 0.130 e. The molecule has 0 aliphatic heterocycles. The van der Waals surface area contributed by atoms with E-state index in [9.17, 15) is 0 Å². The monoisotopic (exact) mass is 630 g/mol. The topological polar surface area (TPSA) is 12.0 Å². The van der Waals surface area contributed by atoms with E-state index in [1.807, 2.05) is 0 Å². The average Bonchev–Trinajstić information content (AvgIpc) is 2.97. The summed E-state index contributed by atoms with van der Waals surface area (Å²) in [6.07, 6.45) is 49.2. The summed E-state index contributed by atoms with van der Waals surface area (Å²) >= 11 is 13.3. The minimum absolute atomic E-state index is 0.630. The van der Waals surface area contributed by atoms with Crippen LogP contribution in [0, 0.1) is 0 Å². The Hall–Kier alpha value is 0.590. The predicted molar refractivity (Wildman–Crippen MR) is 200 cm³/mol. The minimum Gasteiger partial charge on any atom is -0.371 e. The van der Waals surface area contributed by atoms with Crippen LogP contribution in [0.2, 0.25) is 0 Å². The van der Waals surface area contributed by atoms with E-state index in [4.69, 9.17) is 12.2 Å². The summed E-state index contributed by atoms with van der Waals surface area (Å²) < 4.78 is 0.630. The fourth-order valence-electron chi connectivity index (χ4n) is 6.09. The van der Waals surface area contributed by atoms with Crippen molar-refractivity contribution in [3.8, 4) is 0 Å². The maximum Gasteiger partial charge on any atom is 0.130 e. The number of hydrogen-bond acceptors (Lipinski definition) is 2. The van der Waals surface area contributed by atoms with Gasteiger partial charge in [0.15, 0.2) is 0 Å². The molecule has 0 rings (SSSR count). The summed E-state index contributed by atoms with van der Waals surface area (Å²) in [4.78, 5) is 0. The second-order valence-corrected chi connectivity index (χ2v) is 14.6. The van der Waals surface area contributed by atoms with Gasteiger partial charge in [0.25, 0.3) is 0 Å². The zero-order valence-electron chi connectivity index (χ0n) is 27.8. The highest BCUT2D eigenvalue weighted by Gasteiger charge is 1.97. The molecule has 1 nitrogen and oxygen atoms in total. The molecule has 0 amide bonds. The Kier molecular flexibility index (Phi) is 39.2. The van der Waals surface area contributed by atoms with E-state index < -0.39 is 0 Å². The SMILES string of the molecule is S=C(S)NCCCCCCCCCCCCCCCCCCCCCCCCCCCCCCCCCCCCS. The third kappa shape index (κ3) is 40.6. The van der Waals surface area contributed by atoms with Gasteiger partial charge in [-0.1, -0.05) is 218 Å². The zero-order valence-corrected chi connectivity index (χ0v) is 30.4. The van der Waals surface area contributed by atoms with Gasteiger partial charge in [-0.05, 0) is 18.6 Å². The van der Waals surface area contributed by atoms with Crippen LogP contribution >= 0.6 is 37.5 Å². The van der Waals surface area contributed by atoms with Crippen LogP contribution in [0.5, 0.6) is 0 Å². The van der Waals surface area contributed by atoms with E-state index in [1.54, 1.807) is 0 Å². The molecular formula is C37H75NS3. The molecule has 0 heterocycles. The van der Waals surface area contributed by atoms with E-state index >= 15 is 0 Å². The lowest BCUT2D eigenvalue weighted by Crippen LogP contribution is -2.17. The maximum atomic E-state index is 4.91. The standard InChI is InChI=1S/C37H75NS3/c39-36-34-32-30-28-26-24-22-20-18-16-14-12-10-8-6-4-2-1-3-5-7-9-11-13-15-17-19-21-23-25-27-29-31-33-35-38-37(40)41/h39H,1-36H2,(H2,38,40,41). The molecule has 0 aromatic rings. The molecule has 0 atom stereocenters. The van der Waals surface area contributed by atoms with Gasteiger partial charge in [-0.25, -0.2) is 0 Å². The van der Waals surface area contributed by atoms with Gasteiger partial charge in [0.05, 0.1) is 0 Å². The second-order valence-electron chi connectivity index (χ2n) is 13.0. The first-order valence-corrected chi connectivity index (χ1v) is 20.3. The van der Waals surface area contributed by atoms with Gasteiger partial charge in [0.1, 0.15) is 4.32 Å². The third-order valence-electron chi connectivity index (χ3n) is 8.86. The van der Waals surface area contributed by atoms with Crippen LogP contribution in [0.4, 0.5) is 0 Å². The van der Waals surface area contributed by atoms with Crippen molar-refractivity contribution >= 4 is 41.8 Å². The molecule has 1 N–H and O–H groups in total. The van der Waals surface area contributed by atoms with Gasteiger partial charge in [-0.15, -0.1) is 12.6 Å². The summed E-state index contributed by atoms with van der Waals surface area (Å²) in [5.41, 5.74) is 0. The van der Waals surface area contributed by atoms with Gasteiger partial charge in [-0.2, -0.15) is 12.6 Å². The first-order chi connectivity index (χ1) is 20.3. The molecule has 0 saturated carbocycles. The number of thiol groups is 2. The van der Waals surface area contributed by atoms with Crippen LogP contribution in [0.15, 0.2) is 0 Å². The predicted octanol–water partition coefficient (Wildman–Crippen LogP) is 14.0. The Morgan fingerprint density at radius 3 is 0.659 bits per heavy atom. The summed E-state index contributed by atoms with van der Waals surface area (Å²) in [5, 5.41) is 3.12. The molecule has 0 radical (unpaired) electrons. The van der Waals surface area contributed by atoms with E-state index in [2.05, 4.69) is 30.6 Å². The molecule has 0 spiro atoms. The second kappa shape index (κ2) is 38.6. The summed E-state index contributed by atoms with van der Waals surface area (Å²) in [7, 11) is 0. The summed E-state index contributed by atoms with van der Waals surface area (Å²) in [6, 6.07) is 0. The zero-order chi connectivity index (χ0) is 29.7. The normalized spacial score (nSPS) is 11.4. The fourth-order valence-corrected chi connectivity index (χ4v) is 6.53. The van der Waals surface area contributed by atoms with Crippen molar-refractivity contribution in [2.75, 3.05) is 12.3 Å². The number of hydrogen-bond donors (Lipinski definition) is 3. The number of thiocarbonyl (C=S) groups is 1. The Morgan fingerprint density at radius 2 is 0.488 bits per heavy atom. The molecule has 246 valence electrons. The molecular weight excluding hydrogens is 555 g/mol. The fraction of sp³-hybridized carbons (Fsp3) is 0.973. The van der Waals surface area contributed by atoms with Crippen molar-refractivity contribution in [3.05, 3.63) is 0 Å². The number of nitrogens with one attached hydrogen (secondary N) is 1. The van der Waals surface area contributed by atoms with Crippen molar-refractivity contribution in [1.82, 2.24) is 5.32 Å². The lowest BCUT2D eigenvalue weighted by molar-refractivity contribution is 0.511. The van der Waals surface area contributed by atoms with Gasteiger partial charge >= 0.3 is 0 Å². The Balaban J connectivity index is 3.03. The van der Waals surface area contributed by atoms with Crippen molar-refractivity contribution in [2.24, 2.45) is 0 Å². The molecule has 41 heavy (non-hydrogen) atoms. The van der Waals surface area contributed by atoms with Gasteiger partial charge in [-0.3, -0.25) is 0 Å². The average molecular weight is 630 g/mol. The Morgan fingerprint density at radius 1 is 0.317 bits per heavy atom.